The lowest BCUT2D eigenvalue weighted by atomic mass is 10.2. The predicted molar refractivity (Wildman–Crippen MR) is 59.1 cm³/mol. The predicted octanol–water partition coefficient (Wildman–Crippen LogP) is -0.388. The molecule has 0 aromatic carbocycles. The molecule has 4 N–H and O–H groups in total. The van der Waals surface area contributed by atoms with Crippen molar-refractivity contribution in [2.75, 3.05) is 13.1 Å². The van der Waals surface area contributed by atoms with Crippen LogP contribution in [0.4, 0.5) is 0 Å². The lowest BCUT2D eigenvalue weighted by Crippen LogP contribution is -2.40. The van der Waals surface area contributed by atoms with Gasteiger partial charge >= 0.3 is 0 Å². The highest BCUT2D eigenvalue weighted by atomic mass is 16.2. The quantitative estimate of drug-likeness (QED) is 0.564. The van der Waals surface area contributed by atoms with Crippen molar-refractivity contribution in [1.82, 2.24) is 10.6 Å². The molecule has 0 aliphatic rings. The van der Waals surface area contributed by atoms with Gasteiger partial charge in [0.05, 0.1) is 6.04 Å². The average Bonchev–Trinajstić information content (AvgIpc) is 2.14. The number of hydrogen-bond acceptors (Lipinski definition) is 3. The van der Waals surface area contributed by atoms with Gasteiger partial charge in [-0.15, -0.1) is 0 Å². The molecule has 0 aliphatic carbocycles. The Morgan fingerprint density at radius 1 is 1.20 bits per heavy atom. The third-order valence-corrected chi connectivity index (χ3v) is 1.77. The summed E-state index contributed by atoms with van der Waals surface area (Å²) in [5.74, 6) is 0.160. The zero-order valence-corrected chi connectivity index (χ0v) is 9.67. The molecule has 0 heterocycles. The van der Waals surface area contributed by atoms with Crippen molar-refractivity contribution in [3.63, 3.8) is 0 Å². The maximum absolute atomic E-state index is 11.2. The molecule has 0 unspecified atom stereocenters. The highest BCUT2D eigenvalue weighted by Crippen LogP contribution is 1.88. The summed E-state index contributed by atoms with van der Waals surface area (Å²) in [4.78, 5) is 22.2. The van der Waals surface area contributed by atoms with Crippen molar-refractivity contribution in [3.8, 4) is 0 Å². The average molecular weight is 215 g/mol. The van der Waals surface area contributed by atoms with Gasteiger partial charge in [-0.25, -0.2) is 0 Å². The molecule has 0 aromatic rings. The van der Waals surface area contributed by atoms with E-state index in [4.69, 9.17) is 5.73 Å². The Hall–Kier alpha value is -1.10. The molecule has 0 rings (SSSR count). The lowest BCUT2D eigenvalue weighted by molar-refractivity contribution is -0.122. The molecule has 5 heteroatoms. The maximum Gasteiger partial charge on any atom is 0.236 e. The van der Waals surface area contributed by atoms with Gasteiger partial charge in [0.2, 0.25) is 11.8 Å². The number of rotatable bonds is 6. The highest BCUT2D eigenvalue weighted by molar-refractivity contribution is 5.82. The van der Waals surface area contributed by atoms with Crippen LogP contribution in [0.2, 0.25) is 0 Å². The summed E-state index contributed by atoms with van der Waals surface area (Å²) in [5, 5.41) is 5.34. The van der Waals surface area contributed by atoms with Crippen LogP contribution in [0.25, 0.3) is 0 Å². The molecule has 0 spiro atoms. The molecule has 0 saturated heterocycles. The second kappa shape index (κ2) is 7.23. The SMILES string of the molecule is CC(C)CNC(=O)CCNC(=O)[C@@H](C)N. The Labute approximate surface area is 90.8 Å². The molecule has 15 heavy (non-hydrogen) atoms. The summed E-state index contributed by atoms with van der Waals surface area (Å²) in [6, 6.07) is -0.524. The minimum Gasteiger partial charge on any atom is -0.356 e. The summed E-state index contributed by atoms with van der Waals surface area (Å²) < 4.78 is 0. The van der Waals surface area contributed by atoms with Gasteiger partial charge in [-0.3, -0.25) is 9.59 Å². The fourth-order valence-corrected chi connectivity index (χ4v) is 0.867. The molecule has 88 valence electrons. The molecule has 5 nitrogen and oxygen atoms in total. The Morgan fingerprint density at radius 3 is 2.27 bits per heavy atom. The molecular formula is C10H21N3O2. The van der Waals surface area contributed by atoms with Gasteiger partial charge in [-0.05, 0) is 12.8 Å². The topological polar surface area (TPSA) is 84.2 Å². The van der Waals surface area contributed by atoms with E-state index in [9.17, 15) is 9.59 Å². The van der Waals surface area contributed by atoms with E-state index in [1.54, 1.807) is 6.92 Å². The van der Waals surface area contributed by atoms with Crippen LogP contribution in [0, 0.1) is 5.92 Å². The first-order chi connectivity index (χ1) is 6.93. The number of hydrogen-bond donors (Lipinski definition) is 3. The number of nitrogens with two attached hydrogens (primary N) is 1. The molecular weight excluding hydrogens is 194 g/mol. The van der Waals surface area contributed by atoms with Gasteiger partial charge in [-0.2, -0.15) is 0 Å². The molecule has 0 fully saturated rings. The van der Waals surface area contributed by atoms with Gasteiger partial charge in [-0.1, -0.05) is 13.8 Å². The van der Waals surface area contributed by atoms with Crippen LogP contribution < -0.4 is 16.4 Å². The molecule has 0 radical (unpaired) electrons. The fraction of sp³-hybridized carbons (Fsp3) is 0.800. The number of nitrogens with one attached hydrogen (secondary N) is 2. The molecule has 2 amide bonds. The first-order valence-corrected chi connectivity index (χ1v) is 5.23. The fourth-order valence-electron chi connectivity index (χ4n) is 0.867. The second-order valence-electron chi connectivity index (χ2n) is 4.03. The van der Waals surface area contributed by atoms with Crippen LogP contribution in [-0.4, -0.2) is 30.9 Å². The van der Waals surface area contributed by atoms with Gasteiger partial charge in [0.1, 0.15) is 0 Å². The summed E-state index contributed by atoms with van der Waals surface area (Å²) in [5.41, 5.74) is 5.34. The first-order valence-electron chi connectivity index (χ1n) is 5.23. The Balaban J connectivity index is 3.51. The molecule has 0 aromatic heterocycles. The first kappa shape index (κ1) is 13.9. The number of amides is 2. The van der Waals surface area contributed by atoms with Crippen molar-refractivity contribution >= 4 is 11.8 Å². The van der Waals surface area contributed by atoms with E-state index in [0.29, 0.717) is 25.4 Å². The lowest BCUT2D eigenvalue weighted by Gasteiger charge is -2.09. The van der Waals surface area contributed by atoms with Gasteiger partial charge in [0.15, 0.2) is 0 Å². The Bertz CT molecular complexity index is 215. The van der Waals surface area contributed by atoms with Crippen molar-refractivity contribution in [2.45, 2.75) is 33.2 Å². The minimum absolute atomic E-state index is 0.0475. The van der Waals surface area contributed by atoms with E-state index >= 15 is 0 Å². The van der Waals surface area contributed by atoms with E-state index < -0.39 is 6.04 Å². The summed E-state index contributed by atoms with van der Waals surface area (Å²) in [6.07, 6.45) is 0.297. The van der Waals surface area contributed by atoms with Crippen molar-refractivity contribution < 1.29 is 9.59 Å². The third-order valence-electron chi connectivity index (χ3n) is 1.77. The van der Waals surface area contributed by atoms with Gasteiger partial charge < -0.3 is 16.4 Å². The van der Waals surface area contributed by atoms with Crippen LogP contribution in [0.5, 0.6) is 0 Å². The standard InChI is InChI=1S/C10H21N3O2/c1-7(2)6-13-9(14)4-5-12-10(15)8(3)11/h7-8H,4-6,11H2,1-3H3,(H,12,15)(H,13,14)/t8-/m1/s1. The minimum atomic E-state index is -0.524. The van der Waals surface area contributed by atoms with Crippen LogP contribution in [0.1, 0.15) is 27.2 Å². The highest BCUT2D eigenvalue weighted by Gasteiger charge is 2.07. The van der Waals surface area contributed by atoms with Gasteiger partial charge in [0.25, 0.3) is 0 Å². The summed E-state index contributed by atoms with van der Waals surface area (Å²) in [7, 11) is 0. The molecule has 0 bridgehead atoms. The van der Waals surface area contributed by atoms with Crippen LogP contribution in [0.15, 0.2) is 0 Å². The zero-order chi connectivity index (χ0) is 11.8. The summed E-state index contributed by atoms with van der Waals surface area (Å²) >= 11 is 0. The smallest absolute Gasteiger partial charge is 0.236 e. The van der Waals surface area contributed by atoms with E-state index in [1.807, 2.05) is 13.8 Å². The molecule has 0 saturated carbocycles. The van der Waals surface area contributed by atoms with Crippen molar-refractivity contribution in [2.24, 2.45) is 11.7 Å². The Morgan fingerprint density at radius 2 is 1.80 bits per heavy atom. The van der Waals surface area contributed by atoms with Crippen LogP contribution >= 0.6 is 0 Å². The third kappa shape index (κ3) is 7.93. The maximum atomic E-state index is 11.2. The normalized spacial score (nSPS) is 12.3. The van der Waals surface area contributed by atoms with Crippen molar-refractivity contribution in [1.29, 1.82) is 0 Å². The largest absolute Gasteiger partial charge is 0.356 e. The van der Waals surface area contributed by atoms with E-state index in [0.717, 1.165) is 0 Å². The number of carbonyl (C=O) groups is 2. The van der Waals surface area contributed by atoms with E-state index in [2.05, 4.69) is 10.6 Å². The Kier molecular flexibility index (Phi) is 6.70. The second-order valence-corrected chi connectivity index (χ2v) is 4.03. The summed E-state index contributed by atoms with van der Waals surface area (Å²) in [6.45, 7) is 6.66. The van der Waals surface area contributed by atoms with E-state index in [1.165, 1.54) is 0 Å². The van der Waals surface area contributed by atoms with Crippen LogP contribution in [0.3, 0.4) is 0 Å². The number of carbonyl (C=O) groups excluding carboxylic acids is 2. The van der Waals surface area contributed by atoms with E-state index in [-0.39, 0.29) is 11.8 Å². The molecule has 0 aliphatic heterocycles. The monoisotopic (exact) mass is 215 g/mol. The van der Waals surface area contributed by atoms with Gasteiger partial charge in [0, 0.05) is 19.5 Å². The van der Waals surface area contributed by atoms with Crippen LogP contribution in [-0.2, 0) is 9.59 Å². The van der Waals surface area contributed by atoms with Crippen molar-refractivity contribution in [3.05, 3.63) is 0 Å². The zero-order valence-electron chi connectivity index (χ0n) is 9.67. The molecule has 1 atom stereocenters.